The van der Waals surface area contributed by atoms with Gasteiger partial charge in [0.1, 0.15) is 0 Å². The molecule has 0 unspecified atom stereocenters. The van der Waals surface area contributed by atoms with Gasteiger partial charge in [0, 0.05) is 40.3 Å². The van der Waals surface area contributed by atoms with Gasteiger partial charge in [-0.15, -0.1) is 22.7 Å². The minimum Gasteiger partial charge on any atom is -0.135 e. The summed E-state index contributed by atoms with van der Waals surface area (Å²) in [5.74, 6) is 0. The van der Waals surface area contributed by atoms with E-state index in [-0.39, 0.29) is 0 Å². The average molecular weight is 719 g/mol. The summed E-state index contributed by atoms with van der Waals surface area (Å²) in [6.45, 7) is 0. The molecule has 250 valence electrons. The first-order chi connectivity index (χ1) is 26.7. The minimum absolute atomic E-state index is 1.21. The molecule has 2 aromatic heterocycles. The lowest BCUT2D eigenvalue weighted by Crippen LogP contribution is -1.88. The highest BCUT2D eigenvalue weighted by molar-refractivity contribution is 7.26. The fourth-order valence-electron chi connectivity index (χ4n) is 8.71. The maximum Gasteiger partial charge on any atom is 0.0361 e. The van der Waals surface area contributed by atoms with Crippen molar-refractivity contribution in [1.82, 2.24) is 0 Å². The Morgan fingerprint density at radius 2 is 0.611 bits per heavy atom. The van der Waals surface area contributed by atoms with Gasteiger partial charge in [0.2, 0.25) is 0 Å². The molecule has 12 rings (SSSR count). The molecule has 0 aliphatic carbocycles. The van der Waals surface area contributed by atoms with Crippen molar-refractivity contribution in [1.29, 1.82) is 0 Å². The molecule has 0 spiro atoms. The standard InChI is InChI=1S/C52H30S2/c1-3-10-47-43(8-1)45-22-20-35(29-49(45)53-47)41-26-40(27-42(28-41)36-21-23-46-44-9-2-4-11-48(44)54-50(46)30-36)32-14-12-31(13-15-32)39-24-37-18-16-33-6-5-7-34-17-19-38(25-39)52(37)51(33)34/h1-30H. The van der Waals surface area contributed by atoms with E-state index >= 15 is 0 Å². The van der Waals surface area contributed by atoms with Crippen molar-refractivity contribution < 1.29 is 0 Å². The number of thiophene rings is 2. The van der Waals surface area contributed by atoms with Crippen molar-refractivity contribution in [2.75, 3.05) is 0 Å². The molecule has 0 N–H and O–H groups in total. The van der Waals surface area contributed by atoms with Gasteiger partial charge in [-0.1, -0.05) is 127 Å². The van der Waals surface area contributed by atoms with Crippen LogP contribution in [0.5, 0.6) is 0 Å². The van der Waals surface area contributed by atoms with E-state index in [1.807, 2.05) is 22.7 Å². The molecule has 12 aromatic rings. The second kappa shape index (κ2) is 11.6. The van der Waals surface area contributed by atoms with Crippen LogP contribution in [0.15, 0.2) is 182 Å². The maximum absolute atomic E-state index is 2.38. The number of fused-ring (bicyclic) bond motifs is 6. The van der Waals surface area contributed by atoms with Crippen molar-refractivity contribution in [3.63, 3.8) is 0 Å². The monoisotopic (exact) mass is 718 g/mol. The van der Waals surface area contributed by atoms with Crippen LogP contribution < -0.4 is 0 Å². The second-order valence-corrected chi connectivity index (χ2v) is 16.7. The summed E-state index contributed by atoms with van der Waals surface area (Å²) >= 11 is 3.76. The van der Waals surface area contributed by atoms with E-state index in [1.165, 1.54) is 117 Å². The largest absolute Gasteiger partial charge is 0.135 e. The molecule has 0 aliphatic rings. The van der Waals surface area contributed by atoms with Crippen LogP contribution in [0.3, 0.4) is 0 Å². The first kappa shape index (κ1) is 30.2. The molecule has 0 radical (unpaired) electrons. The van der Waals surface area contributed by atoms with Crippen LogP contribution in [0.1, 0.15) is 0 Å². The molecule has 0 aliphatic heterocycles. The van der Waals surface area contributed by atoms with Crippen molar-refractivity contribution in [3.05, 3.63) is 182 Å². The Labute approximate surface area is 320 Å². The summed E-state index contributed by atoms with van der Waals surface area (Å²) in [5, 5.41) is 13.2. The molecule has 10 aromatic carbocycles. The molecular formula is C52H30S2. The van der Waals surface area contributed by atoms with E-state index in [0.717, 1.165) is 0 Å². The molecule has 0 saturated heterocycles. The predicted octanol–water partition coefficient (Wildman–Crippen LogP) is 16.0. The molecule has 54 heavy (non-hydrogen) atoms. The van der Waals surface area contributed by atoms with E-state index in [4.69, 9.17) is 0 Å². The maximum atomic E-state index is 2.38. The van der Waals surface area contributed by atoms with Crippen LogP contribution in [-0.2, 0) is 0 Å². The summed E-state index contributed by atoms with van der Waals surface area (Å²) in [5.41, 5.74) is 9.85. The van der Waals surface area contributed by atoms with Crippen LogP contribution in [0, 0.1) is 0 Å². The first-order valence-corrected chi connectivity index (χ1v) is 20.1. The molecule has 0 bridgehead atoms. The van der Waals surface area contributed by atoms with Gasteiger partial charge in [-0.25, -0.2) is 0 Å². The third-order valence-corrected chi connectivity index (χ3v) is 13.6. The van der Waals surface area contributed by atoms with E-state index < -0.39 is 0 Å². The lowest BCUT2D eigenvalue weighted by molar-refractivity contribution is 1.58. The van der Waals surface area contributed by atoms with Gasteiger partial charge in [-0.3, -0.25) is 0 Å². The Morgan fingerprint density at radius 3 is 1.13 bits per heavy atom. The summed E-state index contributed by atoms with van der Waals surface area (Å²) in [6.07, 6.45) is 0. The normalized spacial score (nSPS) is 12.1. The smallest absolute Gasteiger partial charge is 0.0361 e. The highest BCUT2D eigenvalue weighted by Gasteiger charge is 2.14. The third kappa shape index (κ3) is 4.67. The van der Waals surface area contributed by atoms with Crippen molar-refractivity contribution in [3.8, 4) is 44.5 Å². The van der Waals surface area contributed by atoms with E-state index in [1.54, 1.807) is 0 Å². The topological polar surface area (TPSA) is 0 Å². The Morgan fingerprint density at radius 1 is 0.222 bits per heavy atom. The average Bonchev–Trinajstić information content (AvgIpc) is 3.80. The summed E-state index contributed by atoms with van der Waals surface area (Å²) < 4.78 is 5.32. The first-order valence-electron chi connectivity index (χ1n) is 18.5. The third-order valence-electron chi connectivity index (χ3n) is 11.4. The number of rotatable bonds is 4. The van der Waals surface area contributed by atoms with Gasteiger partial charge >= 0.3 is 0 Å². The molecule has 2 heteroatoms. The fourth-order valence-corrected chi connectivity index (χ4v) is 11.0. The Hall–Kier alpha value is -6.32. The quantitative estimate of drug-likeness (QED) is 0.159. The second-order valence-electron chi connectivity index (χ2n) is 14.5. The molecule has 0 nitrogen and oxygen atoms in total. The van der Waals surface area contributed by atoms with Crippen molar-refractivity contribution >= 4 is 95.3 Å². The molecule has 0 saturated carbocycles. The van der Waals surface area contributed by atoms with E-state index in [2.05, 4.69) is 182 Å². The molecule has 0 fully saturated rings. The van der Waals surface area contributed by atoms with Crippen LogP contribution in [0.2, 0.25) is 0 Å². The van der Waals surface area contributed by atoms with Gasteiger partial charge in [-0.2, -0.15) is 0 Å². The summed E-state index contributed by atoms with van der Waals surface area (Å²) in [7, 11) is 0. The lowest BCUT2D eigenvalue weighted by atomic mass is 9.90. The molecule has 0 amide bonds. The van der Waals surface area contributed by atoms with Crippen LogP contribution >= 0.6 is 22.7 Å². The Balaban J connectivity index is 0.991. The number of hydrogen-bond donors (Lipinski definition) is 0. The predicted molar refractivity (Wildman–Crippen MR) is 238 cm³/mol. The van der Waals surface area contributed by atoms with Gasteiger partial charge < -0.3 is 0 Å². The highest BCUT2D eigenvalue weighted by atomic mass is 32.1. The zero-order valence-corrected chi connectivity index (χ0v) is 30.8. The van der Waals surface area contributed by atoms with Crippen LogP contribution in [-0.4, -0.2) is 0 Å². The Kier molecular flexibility index (Phi) is 6.48. The fraction of sp³-hybridized carbons (Fsp3) is 0. The molecular weight excluding hydrogens is 689 g/mol. The molecule has 2 heterocycles. The zero-order chi connectivity index (χ0) is 35.3. The Bertz CT molecular complexity index is 3240. The summed E-state index contributed by atoms with van der Waals surface area (Å²) in [6, 6.07) is 68.2. The van der Waals surface area contributed by atoms with Gasteiger partial charge in [-0.05, 0) is 131 Å². The minimum atomic E-state index is 1.21. The van der Waals surface area contributed by atoms with Gasteiger partial charge in [0.15, 0.2) is 0 Å². The number of benzene rings is 10. The van der Waals surface area contributed by atoms with Gasteiger partial charge in [0.25, 0.3) is 0 Å². The van der Waals surface area contributed by atoms with E-state index in [0.29, 0.717) is 0 Å². The van der Waals surface area contributed by atoms with Crippen molar-refractivity contribution in [2.24, 2.45) is 0 Å². The van der Waals surface area contributed by atoms with Gasteiger partial charge in [0.05, 0.1) is 0 Å². The van der Waals surface area contributed by atoms with Crippen LogP contribution in [0.4, 0.5) is 0 Å². The SMILES string of the molecule is c1cc2ccc3cc(-c4ccc(-c5cc(-c6ccc7c(c6)sc6ccccc67)cc(-c6ccc7c(c6)sc6ccccc67)c5)cc4)cc4ccc(c1)c2c34. The van der Waals surface area contributed by atoms with Crippen molar-refractivity contribution in [2.45, 2.75) is 0 Å². The zero-order valence-electron chi connectivity index (χ0n) is 29.1. The highest BCUT2D eigenvalue weighted by Crippen LogP contribution is 2.42. The molecule has 0 atom stereocenters. The summed E-state index contributed by atoms with van der Waals surface area (Å²) in [4.78, 5) is 0. The lowest BCUT2D eigenvalue weighted by Gasteiger charge is -2.14. The van der Waals surface area contributed by atoms with E-state index in [9.17, 15) is 0 Å². The van der Waals surface area contributed by atoms with Crippen LogP contribution in [0.25, 0.3) is 117 Å². The number of hydrogen-bond acceptors (Lipinski definition) is 2.